The van der Waals surface area contributed by atoms with Crippen LogP contribution in [-0.4, -0.2) is 43.3 Å². The van der Waals surface area contributed by atoms with Gasteiger partial charge in [0, 0.05) is 76.6 Å². The fourth-order valence-electron chi connectivity index (χ4n) is 6.22. The van der Waals surface area contributed by atoms with Crippen LogP contribution in [0.3, 0.4) is 0 Å². The van der Waals surface area contributed by atoms with E-state index in [9.17, 15) is 9.90 Å². The molecule has 2 aromatic heterocycles. The number of aromatic carboxylic acids is 1. The number of benzene rings is 3. The van der Waals surface area contributed by atoms with Crippen molar-refractivity contribution in [2.24, 2.45) is 10.9 Å². The maximum atomic E-state index is 11.8. The van der Waals surface area contributed by atoms with Crippen LogP contribution < -0.4 is 4.74 Å². The number of rotatable bonds is 9. The van der Waals surface area contributed by atoms with Gasteiger partial charge in [-0.1, -0.05) is 36.2 Å². The van der Waals surface area contributed by atoms with E-state index in [0.717, 1.165) is 65.0 Å². The number of allylic oxidation sites excluding steroid dienone is 1. The largest absolute Gasteiger partial charge is 0.489 e. The molecule has 3 aromatic carbocycles. The molecule has 0 spiro atoms. The number of ether oxygens (including phenoxy) is 1. The van der Waals surface area contributed by atoms with Gasteiger partial charge in [-0.25, -0.2) is 9.78 Å². The molecule has 1 unspecified atom stereocenters. The van der Waals surface area contributed by atoms with Crippen LogP contribution in [0.4, 0.5) is 0 Å². The zero-order chi connectivity index (χ0) is 30.4. The van der Waals surface area contributed by atoms with Crippen molar-refractivity contribution >= 4 is 57.3 Å². The Kier molecular flexibility index (Phi) is 7.66. The molecule has 0 fully saturated rings. The lowest BCUT2D eigenvalue weighted by molar-refractivity contribution is 0.0697. The number of hydrogen-bond donors (Lipinski definition) is 2. The molecule has 4 heterocycles. The first kappa shape index (κ1) is 28.6. The first-order valence-electron chi connectivity index (χ1n) is 14.7. The normalized spacial score (nSPS) is 16.5. The molecular formula is C34H31Cl2N5O3. The molecule has 224 valence electrons. The highest BCUT2D eigenvalue weighted by atomic mass is 35.5. The second kappa shape index (κ2) is 11.8. The third-order valence-electron chi connectivity index (χ3n) is 8.64. The second-order valence-electron chi connectivity index (χ2n) is 11.4. The van der Waals surface area contributed by atoms with E-state index in [-0.39, 0.29) is 11.5 Å². The number of carboxylic acids is 1. The number of nitrogens with zero attached hydrogens (tertiary/aromatic N) is 4. The third kappa shape index (κ3) is 5.49. The lowest BCUT2D eigenvalue weighted by Crippen LogP contribution is -2.31. The highest BCUT2D eigenvalue weighted by molar-refractivity contribution is 6.35. The Hall–Kier alpha value is -4.11. The van der Waals surface area contributed by atoms with Crippen molar-refractivity contribution in [3.8, 4) is 5.75 Å². The van der Waals surface area contributed by atoms with Crippen LogP contribution in [0.5, 0.6) is 5.75 Å². The predicted molar refractivity (Wildman–Crippen MR) is 174 cm³/mol. The Morgan fingerprint density at radius 2 is 2.00 bits per heavy atom. The maximum absolute atomic E-state index is 11.8. The summed E-state index contributed by atoms with van der Waals surface area (Å²) in [7, 11) is 0. The van der Waals surface area contributed by atoms with Gasteiger partial charge in [-0.3, -0.25) is 9.89 Å². The van der Waals surface area contributed by atoms with Gasteiger partial charge in [0.1, 0.15) is 18.2 Å². The molecule has 0 aliphatic carbocycles. The van der Waals surface area contributed by atoms with Crippen molar-refractivity contribution in [3.05, 3.63) is 105 Å². The number of aromatic amines is 1. The van der Waals surface area contributed by atoms with Gasteiger partial charge in [0.25, 0.3) is 0 Å². The molecule has 0 radical (unpaired) electrons. The highest BCUT2D eigenvalue weighted by Crippen LogP contribution is 2.33. The molecule has 2 aliphatic rings. The number of aliphatic imine (C=N–C) groups is 1. The molecular weight excluding hydrogens is 597 g/mol. The van der Waals surface area contributed by atoms with Crippen molar-refractivity contribution in [1.82, 2.24) is 19.4 Å². The zero-order valence-corrected chi connectivity index (χ0v) is 25.7. The number of nitrogens with one attached hydrogen (secondary N) is 1. The summed E-state index contributed by atoms with van der Waals surface area (Å²) in [5.74, 6) is 1.02. The maximum Gasteiger partial charge on any atom is 0.335 e. The molecule has 2 aliphatic heterocycles. The number of halogens is 2. The molecule has 0 amide bonds. The van der Waals surface area contributed by atoms with Crippen LogP contribution in [0.1, 0.15) is 46.3 Å². The summed E-state index contributed by atoms with van der Waals surface area (Å²) in [4.78, 5) is 27.2. The van der Waals surface area contributed by atoms with E-state index in [1.165, 1.54) is 16.8 Å². The van der Waals surface area contributed by atoms with Crippen LogP contribution in [0.2, 0.25) is 10.0 Å². The van der Waals surface area contributed by atoms with Crippen molar-refractivity contribution in [2.45, 2.75) is 46.0 Å². The minimum atomic E-state index is -0.946. The Morgan fingerprint density at radius 1 is 1.11 bits per heavy atom. The van der Waals surface area contributed by atoms with Crippen molar-refractivity contribution in [1.29, 1.82) is 0 Å². The lowest BCUT2D eigenvalue weighted by atomic mass is 10.00. The zero-order valence-electron chi connectivity index (χ0n) is 24.2. The standard InChI is InChI=1S/C34H31Cl2N5O3/c1-2-20-14-37-15-23(20)16-41-32-11-21(34(42)43)4-7-31(32)39-33(41)18-40-10-9-30-27(17-40)26-13-25(6-8-29(26)38-30)44-19-22-3-5-24(35)12-28(22)36/h3-8,11-15,20,38H,2,9-10,16-19H2,1H3,(H,42,43). The number of H-pyrrole nitrogens is 1. The number of hydrogen-bond acceptors (Lipinski definition) is 5. The summed E-state index contributed by atoms with van der Waals surface area (Å²) < 4.78 is 8.31. The average molecular weight is 629 g/mol. The summed E-state index contributed by atoms with van der Waals surface area (Å²) in [5.41, 5.74) is 7.55. The smallest absolute Gasteiger partial charge is 0.335 e. The number of carboxylic acid groups (broad SMARTS) is 1. The molecule has 2 N–H and O–H groups in total. The quantitative estimate of drug-likeness (QED) is 0.175. The monoisotopic (exact) mass is 627 g/mol. The van der Waals surface area contributed by atoms with E-state index >= 15 is 0 Å². The fraction of sp³-hybridized carbons (Fsp3) is 0.265. The second-order valence-corrected chi connectivity index (χ2v) is 12.3. The highest BCUT2D eigenvalue weighted by Gasteiger charge is 2.25. The van der Waals surface area contributed by atoms with E-state index in [2.05, 4.69) is 38.5 Å². The minimum absolute atomic E-state index is 0.256. The summed E-state index contributed by atoms with van der Waals surface area (Å²) in [6, 6.07) is 16.7. The first-order valence-corrected chi connectivity index (χ1v) is 15.5. The number of fused-ring (bicyclic) bond motifs is 4. The number of aromatic nitrogens is 3. The SMILES string of the molecule is CCC1C=NC=C1Cn1c(CN2CCc3[nH]c4ccc(OCc5ccc(Cl)cc5Cl)cc4c3C2)nc2ccc(C(=O)O)cc21. The Balaban J connectivity index is 1.15. The van der Waals surface area contributed by atoms with E-state index in [1.807, 2.05) is 36.7 Å². The van der Waals surface area contributed by atoms with Gasteiger partial charge >= 0.3 is 5.97 Å². The van der Waals surface area contributed by atoms with Gasteiger partial charge < -0.3 is 19.4 Å². The van der Waals surface area contributed by atoms with E-state index in [4.69, 9.17) is 32.9 Å². The summed E-state index contributed by atoms with van der Waals surface area (Å²) in [6.45, 7) is 5.40. The molecule has 7 rings (SSSR count). The molecule has 1 atom stereocenters. The predicted octanol–water partition coefficient (Wildman–Crippen LogP) is 7.65. The minimum Gasteiger partial charge on any atom is -0.489 e. The molecule has 5 aromatic rings. The van der Waals surface area contributed by atoms with Crippen LogP contribution >= 0.6 is 23.2 Å². The third-order valence-corrected chi connectivity index (χ3v) is 9.22. The van der Waals surface area contributed by atoms with E-state index in [0.29, 0.717) is 29.7 Å². The molecule has 0 bridgehead atoms. The Morgan fingerprint density at radius 3 is 2.82 bits per heavy atom. The summed E-state index contributed by atoms with van der Waals surface area (Å²) in [6.07, 6.45) is 5.78. The fourth-order valence-corrected chi connectivity index (χ4v) is 6.68. The van der Waals surface area contributed by atoms with Gasteiger partial charge in [-0.15, -0.1) is 0 Å². The van der Waals surface area contributed by atoms with Crippen LogP contribution in [-0.2, 0) is 32.7 Å². The van der Waals surface area contributed by atoms with Gasteiger partial charge in [-0.2, -0.15) is 0 Å². The van der Waals surface area contributed by atoms with Crippen molar-refractivity contribution < 1.29 is 14.6 Å². The first-order chi connectivity index (χ1) is 21.4. The number of carbonyl (C=O) groups is 1. The molecule has 44 heavy (non-hydrogen) atoms. The van der Waals surface area contributed by atoms with Gasteiger partial charge in [0.15, 0.2) is 0 Å². The van der Waals surface area contributed by atoms with Crippen LogP contribution in [0.25, 0.3) is 21.9 Å². The Bertz CT molecular complexity index is 1970. The summed E-state index contributed by atoms with van der Waals surface area (Å²) in [5, 5.41) is 12.0. The molecule has 8 nitrogen and oxygen atoms in total. The van der Waals surface area contributed by atoms with Crippen LogP contribution in [0.15, 0.2) is 71.4 Å². The average Bonchev–Trinajstić information content (AvgIpc) is 3.71. The molecule has 0 saturated carbocycles. The van der Waals surface area contributed by atoms with Crippen molar-refractivity contribution in [3.63, 3.8) is 0 Å². The molecule has 10 heteroatoms. The Labute approximate surface area is 264 Å². The van der Waals surface area contributed by atoms with Gasteiger partial charge in [0.05, 0.1) is 23.1 Å². The topological polar surface area (TPSA) is 95.7 Å². The summed E-state index contributed by atoms with van der Waals surface area (Å²) >= 11 is 12.4. The van der Waals surface area contributed by atoms with Gasteiger partial charge in [0.2, 0.25) is 0 Å². The van der Waals surface area contributed by atoms with Crippen molar-refractivity contribution in [2.75, 3.05) is 6.54 Å². The number of imidazole rings is 1. The molecule has 0 saturated heterocycles. The van der Waals surface area contributed by atoms with E-state index in [1.54, 1.807) is 18.2 Å². The van der Waals surface area contributed by atoms with E-state index < -0.39 is 5.97 Å². The van der Waals surface area contributed by atoms with Crippen LogP contribution in [0, 0.1) is 5.92 Å². The lowest BCUT2D eigenvalue weighted by Gasteiger charge is -2.27. The van der Waals surface area contributed by atoms with Gasteiger partial charge in [-0.05, 0) is 66.1 Å².